The Labute approximate surface area is 139 Å². The van der Waals surface area contributed by atoms with Gasteiger partial charge in [-0.1, -0.05) is 24.3 Å². The van der Waals surface area contributed by atoms with Gasteiger partial charge >= 0.3 is 12.3 Å². The first-order valence-corrected chi connectivity index (χ1v) is 6.78. The van der Waals surface area contributed by atoms with E-state index in [-0.39, 0.29) is 16.9 Å². The molecule has 1 aliphatic carbocycles. The van der Waals surface area contributed by atoms with Gasteiger partial charge in [-0.05, 0) is 35.4 Å². The number of carboxylic acid groups (broad SMARTS) is 2. The van der Waals surface area contributed by atoms with Crippen molar-refractivity contribution < 1.29 is 38.1 Å². The minimum absolute atomic E-state index is 0.00238. The van der Waals surface area contributed by atoms with Crippen molar-refractivity contribution in [3.05, 3.63) is 64.2 Å². The number of carbonyl (C=O) groups excluding carboxylic acids is 1. The highest BCUT2D eigenvalue weighted by Crippen LogP contribution is 2.33. The van der Waals surface area contributed by atoms with E-state index in [9.17, 15) is 23.1 Å². The van der Waals surface area contributed by atoms with Crippen LogP contribution in [0, 0.1) is 0 Å². The van der Waals surface area contributed by atoms with Gasteiger partial charge in [0, 0.05) is 5.56 Å². The van der Waals surface area contributed by atoms with Crippen LogP contribution in [0.2, 0.25) is 0 Å². The molecule has 0 unspecified atom stereocenters. The maximum absolute atomic E-state index is 12.7. The Morgan fingerprint density at radius 2 is 1.48 bits per heavy atom. The van der Waals surface area contributed by atoms with Crippen LogP contribution in [0.15, 0.2) is 36.4 Å². The van der Waals surface area contributed by atoms with E-state index in [1.807, 2.05) is 0 Å². The van der Waals surface area contributed by atoms with Gasteiger partial charge in [-0.25, -0.2) is 4.79 Å². The van der Waals surface area contributed by atoms with Gasteiger partial charge in [0.2, 0.25) is 0 Å². The van der Waals surface area contributed by atoms with E-state index in [0.717, 1.165) is 23.3 Å². The number of phenolic OH excluding ortho intramolecular Hbond substituents is 1. The second kappa shape index (κ2) is 6.68. The standard InChI is InChI=1S/C16H9F3O2.CH2O3/c17-16(18,19)12-3-1-2-11(6-12)15(21)13-7-9-4-5-10(9)8-14(13)20;2-1(3)4/h1-8,20H;(H2,2,3,4). The number of alkyl halides is 3. The Hall–Kier alpha value is -3.29. The van der Waals surface area contributed by atoms with Gasteiger partial charge in [0.25, 0.3) is 0 Å². The number of benzene rings is 2. The molecule has 0 saturated heterocycles. The second-order valence-electron chi connectivity index (χ2n) is 5.02. The molecule has 0 heterocycles. The number of phenols is 1. The van der Waals surface area contributed by atoms with E-state index in [2.05, 4.69) is 0 Å². The van der Waals surface area contributed by atoms with Crippen LogP contribution in [0.1, 0.15) is 32.6 Å². The highest BCUT2D eigenvalue weighted by atomic mass is 19.4. The summed E-state index contributed by atoms with van der Waals surface area (Å²) in [6, 6.07) is 7.07. The third-order valence-electron chi connectivity index (χ3n) is 3.34. The zero-order chi connectivity index (χ0) is 18.8. The molecule has 0 radical (unpaired) electrons. The summed E-state index contributed by atoms with van der Waals surface area (Å²) in [6.07, 6.45) is -2.81. The molecule has 2 aromatic rings. The molecular weight excluding hydrogens is 341 g/mol. The third-order valence-corrected chi connectivity index (χ3v) is 3.34. The molecular formula is C17H11F3O5. The molecule has 2 aromatic carbocycles. The van der Waals surface area contributed by atoms with Gasteiger partial charge in [0.05, 0.1) is 11.1 Å². The van der Waals surface area contributed by atoms with E-state index >= 15 is 0 Å². The predicted octanol–water partition coefficient (Wildman–Crippen LogP) is 4.35. The minimum atomic E-state index is -4.51. The van der Waals surface area contributed by atoms with Crippen LogP contribution in [0.5, 0.6) is 5.75 Å². The average Bonchev–Trinajstić information content (AvgIpc) is 2.49. The number of carbonyl (C=O) groups is 2. The summed E-state index contributed by atoms with van der Waals surface area (Å²) in [5.41, 5.74) is 0.577. The van der Waals surface area contributed by atoms with E-state index in [4.69, 9.17) is 15.0 Å². The summed E-state index contributed by atoms with van der Waals surface area (Å²) in [6.45, 7) is 0. The molecule has 3 N–H and O–H groups in total. The normalized spacial score (nSPS) is 11.6. The first kappa shape index (κ1) is 18.1. The fourth-order valence-electron chi connectivity index (χ4n) is 2.17. The topological polar surface area (TPSA) is 94.8 Å². The number of hydrogen-bond acceptors (Lipinski definition) is 3. The Morgan fingerprint density at radius 1 is 0.920 bits per heavy atom. The van der Waals surface area contributed by atoms with Crippen molar-refractivity contribution in [1.29, 1.82) is 0 Å². The molecule has 0 saturated carbocycles. The molecule has 25 heavy (non-hydrogen) atoms. The van der Waals surface area contributed by atoms with E-state index in [1.54, 1.807) is 12.2 Å². The molecule has 1 aliphatic rings. The Kier molecular flexibility index (Phi) is 4.82. The molecule has 0 aliphatic heterocycles. The maximum Gasteiger partial charge on any atom is 0.503 e. The van der Waals surface area contributed by atoms with Crippen molar-refractivity contribution in [2.45, 2.75) is 6.18 Å². The molecule has 0 spiro atoms. The molecule has 0 amide bonds. The summed E-state index contributed by atoms with van der Waals surface area (Å²) < 4.78 is 38.0. The number of ketones is 1. The van der Waals surface area contributed by atoms with E-state index < -0.39 is 23.7 Å². The lowest BCUT2D eigenvalue weighted by Crippen LogP contribution is -2.09. The first-order valence-electron chi connectivity index (χ1n) is 6.78. The summed E-state index contributed by atoms with van der Waals surface area (Å²) in [5.74, 6) is -0.873. The number of fused-ring (bicyclic) bond motifs is 1. The van der Waals surface area contributed by atoms with Gasteiger partial charge in [0.1, 0.15) is 5.75 Å². The highest BCUT2D eigenvalue weighted by Gasteiger charge is 2.31. The van der Waals surface area contributed by atoms with Crippen molar-refractivity contribution >= 4 is 24.1 Å². The van der Waals surface area contributed by atoms with Crippen LogP contribution in [0.25, 0.3) is 12.2 Å². The molecule has 3 rings (SSSR count). The lowest BCUT2D eigenvalue weighted by molar-refractivity contribution is -0.137. The van der Waals surface area contributed by atoms with Crippen LogP contribution >= 0.6 is 0 Å². The highest BCUT2D eigenvalue weighted by molar-refractivity contribution is 6.11. The third kappa shape index (κ3) is 4.17. The largest absolute Gasteiger partial charge is 0.507 e. The zero-order valence-corrected chi connectivity index (χ0v) is 12.4. The van der Waals surface area contributed by atoms with Crippen LogP contribution in [0.3, 0.4) is 0 Å². The lowest BCUT2D eigenvalue weighted by atomic mass is 9.91. The number of hydrogen-bond donors (Lipinski definition) is 3. The maximum atomic E-state index is 12.7. The fraction of sp³-hybridized carbons (Fsp3) is 0.0588. The minimum Gasteiger partial charge on any atom is -0.507 e. The van der Waals surface area contributed by atoms with Crippen LogP contribution in [-0.2, 0) is 6.18 Å². The van der Waals surface area contributed by atoms with E-state index in [1.165, 1.54) is 24.3 Å². The molecule has 8 heteroatoms. The Morgan fingerprint density at radius 3 is 2.00 bits per heavy atom. The lowest BCUT2D eigenvalue weighted by Gasteiger charge is -2.14. The second-order valence-corrected chi connectivity index (χ2v) is 5.02. The Bertz CT molecular complexity index is 865. The average molecular weight is 352 g/mol. The van der Waals surface area contributed by atoms with Crippen molar-refractivity contribution in [2.24, 2.45) is 0 Å². The molecule has 130 valence electrons. The monoisotopic (exact) mass is 352 g/mol. The summed E-state index contributed by atoms with van der Waals surface area (Å²) in [7, 11) is 0. The Balaban J connectivity index is 0.000000511. The van der Waals surface area contributed by atoms with Gasteiger partial charge in [-0.15, -0.1) is 0 Å². The molecule has 0 aromatic heterocycles. The quantitative estimate of drug-likeness (QED) is 0.596. The zero-order valence-electron chi connectivity index (χ0n) is 12.4. The van der Waals surface area contributed by atoms with Crippen LogP contribution in [0.4, 0.5) is 18.0 Å². The summed E-state index contributed by atoms with van der Waals surface area (Å²) in [4.78, 5) is 20.8. The van der Waals surface area contributed by atoms with Gasteiger partial charge in [0.15, 0.2) is 5.78 Å². The number of rotatable bonds is 2. The summed E-state index contributed by atoms with van der Waals surface area (Å²) in [5, 5.41) is 23.8. The van der Waals surface area contributed by atoms with Crippen molar-refractivity contribution in [3.63, 3.8) is 0 Å². The van der Waals surface area contributed by atoms with Crippen LogP contribution < -0.4 is 0 Å². The van der Waals surface area contributed by atoms with E-state index in [0.29, 0.717) is 0 Å². The fourth-order valence-corrected chi connectivity index (χ4v) is 2.17. The molecule has 0 fully saturated rings. The molecule has 0 atom stereocenters. The SMILES string of the molecule is O=C(O)O.O=C(c1cccc(C(F)(F)F)c1)c1cc2c(cc1O)C=C2. The first-order chi connectivity index (χ1) is 11.6. The van der Waals surface area contributed by atoms with Crippen LogP contribution in [-0.4, -0.2) is 27.3 Å². The smallest absolute Gasteiger partial charge is 0.503 e. The van der Waals surface area contributed by atoms with Crippen molar-refractivity contribution in [2.75, 3.05) is 0 Å². The molecule has 5 nitrogen and oxygen atoms in total. The van der Waals surface area contributed by atoms with Crippen molar-refractivity contribution in [1.82, 2.24) is 0 Å². The summed E-state index contributed by atoms with van der Waals surface area (Å²) >= 11 is 0. The van der Waals surface area contributed by atoms with Gasteiger partial charge in [-0.2, -0.15) is 13.2 Å². The van der Waals surface area contributed by atoms with Crippen molar-refractivity contribution in [3.8, 4) is 5.75 Å². The van der Waals surface area contributed by atoms with Gasteiger partial charge in [-0.3, -0.25) is 4.79 Å². The number of aromatic hydroxyl groups is 1. The predicted molar refractivity (Wildman–Crippen MR) is 82.6 cm³/mol. The number of halogens is 3. The van der Waals surface area contributed by atoms with Gasteiger partial charge < -0.3 is 15.3 Å². The molecule has 0 bridgehead atoms.